The summed E-state index contributed by atoms with van der Waals surface area (Å²) in [7, 11) is 1.99. The number of ether oxygens (including phenoxy) is 1. The molecule has 0 N–H and O–H groups in total. The van der Waals surface area contributed by atoms with Crippen LogP contribution in [0.3, 0.4) is 0 Å². The second-order valence-electron chi connectivity index (χ2n) is 2.99. The Morgan fingerprint density at radius 2 is 1.76 bits per heavy atom. The fourth-order valence-corrected chi connectivity index (χ4v) is 2.96. The molecule has 8 heteroatoms. The highest BCUT2D eigenvalue weighted by Crippen LogP contribution is 2.15. The molecule has 0 unspecified atom stereocenters. The monoisotopic (exact) mass is 302 g/mol. The molecule has 100 valence electrons. The minimum atomic E-state index is -2.59. The van der Waals surface area contributed by atoms with E-state index in [1.165, 1.54) is 21.3 Å². The average molecular weight is 303 g/mol. The van der Waals surface area contributed by atoms with Crippen LogP contribution in [0.25, 0.3) is 0 Å². The molecular weight excluding hydrogens is 287 g/mol. The Labute approximate surface area is 112 Å². The first-order valence-electron chi connectivity index (χ1n) is 4.83. The molecule has 0 rings (SSSR count). The Hall–Kier alpha value is -0.113. The van der Waals surface area contributed by atoms with Crippen molar-refractivity contribution in [3.63, 3.8) is 0 Å². The fourth-order valence-electron chi connectivity index (χ4n) is 1.12. The Morgan fingerprint density at radius 3 is 2.18 bits per heavy atom. The smallest absolute Gasteiger partial charge is 0.461 e. The maximum absolute atomic E-state index is 11.1. The Bertz CT molecular complexity index is 260. The van der Waals surface area contributed by atoms with Crippen molar-refractivity contribution >= 4 is 38.0 Å². The molecule has 0 bridgehead atoms. The summed E-state index contributed by atoms with van der Waals surface area (Å²) >= 11 is 10.7. The summed E-state index contributed by atoms with van der Waals surface area (Å²) in [6.45, 7) is 0.199. The van der Waals surface area contributed by atoms with Gasteiger partial charge in [0.15, 0.2) is 0 Å². The number of esters is 1. The predicted molar refractivity (Wildman–Crippen MR) is 67.0 cm³/mol. The molecule has 0 saturated carbocycles. The third-order valence-corrected chi connectivity index (χ3v) is 5.51. The quantitative estimate of drug-likeness (QED) is 0.297. The zero-order valence-electron chi connectivity index (χ0n) is 10.00. The lowest BCUT2D eigenvalue weighted by Crippen LogP contribution is -2.42. The van der Waals surface area contributed by atoms with Crippen LogP contribution in [0, 0.1) is 0 Å². The van der Waals surface area contributed by atoms with Gasteiger partial charge in [0.25, 0.3) is 0 Å². The lowest BCUT2D eigenvalue weighted by molar-refractivity contribution is -0.138. The summed E-state index contributed by atoms with van der Waals surface area (Å²) < 4.78 is 20.5. The Morgan fingerprint density at radius 1 is 1.24 bits per heavy atom. The fraction of sp³-hybridized carbons (Fsp3) is 0.667. The molecule has 0 aliphatic carbocycles. The van der Waals surface area contributed by atoms with Crippen molar-refractivity contribution in [2.24, 2.45) is 0 Å². The zero-order chi connectivity index (χ0) is 13.3. The SMILES string of the molecule is CO[Si](CCCOC(=O)C(Cl)=CCl)(OC)OC. The van der Waals surface area contributed by atoms with E-state index in [2.05, 4.69) is 0 Å². The molecule has 0 spiro atoms. The molecule has 0 aromatic heterocycles. The summed E-state index contributed by atoms with van der Waals surface area (Å²) in [5, 5.41) is -0.152. The minimum absolute atomic E-state index is 0.152. The van der Waals surface area contributed by atoms with Gasteiger partial charge < -0.3 is 18.0 Å². The van der Waals surface area contributed by atoms with E-state index < -0.39 is 14.8 Å². The number of rotatable bonds is 8. The van der Waals surface area contributed by atoms with Crippen molar-refractivity contribution in [3.8, 4) is 0 Å². The van der Waals surface area contributed by atoms with Crippen LogP contribution in [-0.4, -0.2) is 42.7 Å². The molecular formula is C9H16Cl2O5Si. The van der Waals surface area contributed by atoms with Crippen LogP contribution < -0.4 is 0 Å². The zero-order valence-corrected chi connectivity index (χ0v) is 12.5. The Balaban J connectivity index is 3.95. The van der Waals surface area contributed by atoms with Crippen LogP contribution >= 0.6 is 23.2 Å². The van der Waals surface area contributed by atoms with Crippen molar-refractivity contribution < 1.29 is 22.8 Å². The predicted octanol–water partition coefficient (Wildman–Crippen LogP) is 2.12. The third kappa shape index (κ3) is 5.85. The maximum atomic E-state index is 11.1. The van der Waals surface area contributed by atoms with Crippen LogP contribution in [-0.2, 0) is 22.8 Å². The number of carbonyl (C=O) groups excluding carboxylic acids is 1. The minimum Gasteiger partial charge on any atom is -0.461 e. The van der Waals surface area contributed by atoms with Gasteiger partial charge in [-0.15, -0.1) is 0 Å². The maximum Gasteiger partial charge on any atom is 0.500 e. The van der Waals surface area contributed by atoms with Crippen molar-refractivity contribution in [2.75, 3.05) is 27.9 Å². The van der Waals surface area contributed by atoms with E-state index >= 15 is 0 Å². The molecule has 0 amide bonds. The molecule has 0 saturated heterocycles. The molecule has 0 heterocycles. The highest BCUT2D eigenvalue weighted by molar-refractivity contribution is 6.60. The van der Waals surface area contributed by atoms with Crippen LogP contribution in [0.15, 0.2) is 10.6 Å². The molecule has 0 fully saturated rings. The highest BCUT2D eigenvalue weighted by Gasteiger charge is 2.36. The summed E-state index contributed by atoms with van der Waals surface area (Å²) in [6.07, 6.45) is 0.555. The Kier molecular flexibility index (Phi) is 8.84. The molecule has 0 aliphatic rings. The molecule has 0 aliphatic heterocycles. The van der Waals surface area contributed by atoms with Gasteiger partial charge >= 0.3 is 14.8 Å². The molecule has 0 atom stereocenters. The molecule has 17 heavy (non-hydrogen) atoms. The van der Waals surface area contributed by atoms with E-state index in [4.69, 9.17) is 41.2 Å². The first-order chi connectivity index (χ1) is 8.05. The molecule has 0 aromatic rings. The summed E-state index contributed by atoms with van der Waals surface area (Å²) in [4.78, 5) is 11.1. The number of halogens is 2. The van der Waals surface area contributed by atoms with E-state index in [0.29, 0.717) is 12.5 Å². The first-order valence-corrected chi connectivity index (χ1v) is 7.58. The second kappa shape index (κ2) is 8.90. The van der Waals surface area contributed by atoms with Crippen molar-refractivity contribution in [3.05, 3.63) is 10.6 Å². The number of carbonyl (C=O) groups is 1. The van der Waals surface area contributed by atoms with E-state index in [9.17, 15) is 4.79 Å². The van der Waals surface area contributed by atoms with Gasteiger partial charge in [0.1, 0.15) is 5.03 Å². The molecule has 0 aromatic carbocycles. The van der Waals surface area contributed by atoms with E-state index in [-0.39, 0.29) is 11.6 Å². The lowest BCUT2D eigenvalue weighted by atomic mass is 10.5. The van der Waals surface area contributed by atoms with Gasteiger partial charge in [-0.05, 0) is 6.42 Å². The highest BCUT2D eigenvalue weighted by atomic mass is 35.5. The van der Waals surface area contributed by atoms with E-state index in [1.54, 1.807) is 0 Å². The van der Waals surface area contributed by atoms with Crippen LogP contribution in [0.2, 0.25) is 6.04 Å². The molecule has 0 radical (unpaired) electrons. The van der Waals surface area contributed by atoms with Gasteiger partial charge in [0.2, 0.25) is 0 Å². The van der Waals surface area contributed by atoms with Gasteiger partial charge in [0, 0.05) is 32.9 Å². The van der Waals surface area contributed by atoms with Crippen molar-refractivity contribution in [1.82, 2.24) is 0 Å². The lowest BCUT2D eigenvalue weighted by Gasteiger charge is -2.24. The van der Waals surface area contributed by atoms with Crippen molar-refractivity contribution in [1.29, 1.82) is 0 Å². The van der Waals surface area contributed by atoms with Gasteiger partial charge in [-0.2, -0.15) is 0 Å². The number of hydrogen-bond acceptors (Lipinski definition) is 5. The summed E-state index contributed by atoms with van der Waals surface area (Å²) in [5.74, 6) is -0.652. The van der Waals surface area contributed by atoms with E-state index in [0.717, 1.165) is 5.54 Å². The van der Waals surface area contributed by atoms with Gasteiger partial charge in [-0.25, -0.2) is 4.79 Å². The second-order valence-corrected chi connectivity index (χ2v) is 6.71. The van der Waals surface area contributed by atoms with Crippen LogP contribution in [0.4, 0.5) is 0 Å². The third-order valence-electron chi connectivity index (χ3n) is 2.08. The van der Waals surface area contributed by atoms with Crippen molar-refractivity contribution in [2.45, 2.75) is 12.5 Å². The van der Waals surface area contributed by atoms with Crippen LogP contribution in [0.5, 0.6) is 0 Å². The topological polar surface area (TPSA) is 54.0 Å². The van der Waals surface area contributed by atoms with Gasteiger partial charge in [0.05, 0.1) is 6.61 Å². The summed E-state index contributed by atoms with van der Waals surface area (Å²) in [5.41, 5.74) is 0.961. The average Bonchev–Trinajstić information content (AvgIpc) is 2.38. The normalized spacial score (nSPS) is 12.6. The van der Waals surface area contributed by atoms with E-state index in [1.807, 2.05) is 0 Å². The summed E-state index contributed by atoms with van der Waals surface area (Å²) in [6, 6.07) is 0.548. The first kappa shape index (κ1) is 16.9. The standard InChI is InChI=1S/C9H16Cl2O5Si/c1-13-17(14-2,15-3)6-4-5-16-9(12)8(11)7-10/h7H,4-6H2,1-3H3. The number of hydrogen-bond donors (Lipinski definition) is 0. The van der Waals surface area contributed by atoms with Crippen LogP contribution in [0.1, 0.15) is 6.42 Å². The van der Waals surface area contributed by atoms with Gasteiger partial charge in [-0.3, -0.25) is 0 Å². The van der Waals surface area contributed by atoms with Gasteiger partial charge in [-0.1, -0.05) is 23.2 Å². The molecule has 5 nitrogen and oxygen atoms in total. The largest absolute Gasteiger partial charge is 0.500 e.